The Hall–Kier alpha value is -4.74. The first-order valence-corrected chi connectivity index (χ1v) is 23.7. The van der Waals surface area contributed by atoms with Crippen LogP contribution in [-0.2, 0) is 59.9 Å². The topological polar surface area (TPSA) is 155 Å². The number of piperidine rings is 1. The maximum Gasteiger partial charge on any atom is 0.410 e. The molecule has 0 bridgehead atoms. The smallest absolute Gasteiger partial charge is 0.410 e. The minimum atomic E-state index is -1.09. The van der Waals surface area contributed by atoms with Gasteiger partial charge >= 0.3 is 6.09 Å². The Balaban J connectivity index is 1.09. The molecule has 0 saturated carbocycles. The van der Waals surface area contributed by atoms with Crippen molar-refractivity contribution in [1.82, 2.24) is 30.0 Å². The number of carbonyl (C=O) groups excluding carboxylic acids is 3. The van der Waals surface area contributed by atoms with E-state index in [1.54, 1.807) is 37.8 Å². The Morgan fingerprint density at radius 3 is 2.33 bits per heavy atom. The highest BCUT2D eigenvalue weighted by atomic mass is 35.5. The average molecular weight is 966 g/mol. The Bertz CT molecular complexity index is 2280. The van der Waals surface area contributed by atoms with Crippen molar-refractivity contribution in [2.45, 2.75) is 110 Å². The molecule has 0 radical (unpaired) electrons. The molecule has 2 saturated heterocycles. The molecule has 3 heterocycles. The van der Waals surface area contributed by atoms with Gasteiger partial charge in [-0.15, -0.1) is 0 Å². The number of imidazole rings is 1. The first kappa shape index (κ1) is 51.6. The van der Waals surface area contributed by atoms with Gasteiger partial charge in [0.1, 0.15) is 41.3 Å². The zero-order valence-electron chi connectivity index (χ0n) is 40.0. The molecule has 0 aliphatic carbocycles. The summed E-state index contributed by atoms with van der Waals surface area (Å²) in [7, 11) is 1.95. The summed E-state index contributed by atoms with van der Waals surface area (Å²) in [6.07, 6.45) is 3.05. The van der Waals surface area contributed by atoms with E-state index in [9.17, 15) is 14.4 Å². The third kappa shape index (κ3) is 14.2. The Morgan fingerprint density at radius 1 is 0.940 bits per heavy atom. The summed E-state index contributed by atoms with van der Waals surface area (Å²) in [6.45, 7) is 16.8. The molecule has 3 amide bonds. The van der Waals surface area contributed by atoms with Crippen LogP contribution in [-0.4, -0.2) is 119 Å². The standard InChI is InChI=1S/C50H66Cl2N6O9/c1-9-62-23-24-63-25-26-64-32-44-54-30-41(56(44)8)36-14-19-40(20-15-36)66-43-27-39(52)18-13-37(43)29-53-34(2)46(60)58-42(31-65-49(58,6)7)45(59)55-50(28-35-11-16-38(51)17-12-35)21-10-22-57(33-50)47(61)67-48(3,4)5/h11-20,27,30,34,42,53H,9-10,21-26,28-29,31-33H2,1-8H3,(H,55,59)/t34-,42-,50+/m0/s1. The van der Waals surface area contributed by atoms with Gasteiger partial charge in [0.2, 0.25) is 11.8 Å². The molecule has 0 unspecified atom stereocenters. The van der Waals surface area contributed by atoms with E-state index in [-0.39, 0.29) is 31.5 Å². The molecule has 0 spiro atoms. The number of carbonyl (C=O) groups is 3. The van der Waals surface area contributed by atoms with E-state index in [1.165, 1.54) is 4.90 Å². The number of likely N-dealkylation sites (tertiary alicyclic amines) is 1. The Labute approximate surface area is 404 Å². The normalized spacial score (nSPS) is 18.7. The second-order valence-corrected chi connectivity index (χ2v) is 19.4. The summed E-state index contributed by atoms with van der Waals surface area (Å²) in [5.74, 6) is 1.23. The molecular formula is C50H66Cl2N6O9. The lowest BCUT2D eigenvalue weighted by Crippen LogP contribution is -2.65. The molecular weight excluding hydrogens is 899 g/mol. The molecule has 3 atom stereocenters. The zero-order valence-corrected chi connectivity index (χ0v) is 41.5. The Morgan fingerprint density at radius 2 is 1.63 bits per heavy atom. The van der Waals surface area contributed by atoms with E-state index in [0.717, 1.165) is 28.2 Å². The van der Waals surface area contributed by atoms with Crippen LogP contribution in [0.15, 0.2) is 72.9 Å². The van der Waals surface area contributed by atoms with E-state index < -0.39 is 35.0 Å². The first-order valence-electron chi connectivity index (χ1n) is 22.9. The van der Waals surface area contributed by atoms with Crippen molar-refractivity contribution in [2.75, 3.05) is 52.7 Å². The lowest BCUT2D eigenvalue weighted by molar-refractivity contribution is -0.152. The monoisotopic (exact) mass is 964 g/mol. The molecule has 4 aromatic rings. The van der Waals surface area contributed by atoms with E-state index in [4.69, 9.17) is 51.6 Å². The molecule has 1 aromatic heterocycles. The third-order valence-electron chi connectivity index (χ3n) is 11.7. The van der Waals surface area contributed by atoms with Crippen LogP contribution in [0.1, 0.15) is 78.3 Å². The van der Waals surface area contributed by atoms with Crippen LogP contribution in [0.4, 0.5) is 4.79 Å². The quantitative estimate of drug-likeness (QED) is 0.0822. The van der Waals surface area contributed by atoms with Gasteiger partial charge in [-0.05, 0) is 122 Å². The van der Waals surface area contributed by atoms with Crippen LogP contribution in [0.25, 0.3) is 11.3 Å². The fraction of sp³-hybridized carbons (Fsp3) is 0.520. The fourth-order valence-corrected chi connectivity index (χ4v) is 8.59. The number of nitrogens with one attached hydrogen (secondary N) is 2. The van der Waals surface area contributed by atoms with Gasteiger partial charge in [0.15, 0.2) is 0 Å². The van der Waals surface area contributed by atoms with Crippen LogP contribution in [0.3, 0.4) is 0 Å². The predicted molar refractivity (Wildman–Crippen MR) is 257 cm³/mol. The van der Waals surface area contributed by atoms with Crippen molar-refractivity contribution >= 4 is 41.1 Å². The molecule has 364 valence electrons. The molecule has 2 aliphatic heterocycles. The van der Waals surface area contributed by atoms with Crippen LogP contribution in [0.2, 0.25) is 10.0 Å². The minimum Gasteiger partial charge on any atom is -0.457 e. The van der Waals surface area contributed by atoms with Crippen LogP contribution in [0.5, 0.6) is 11.5 Å². The van der Waals surface area contributed by atoms with Crippen LogP contribution >= 0.6 is 23.2 Å². The maximum atomic E-state index is 14.5. The zero-order chi connectivity index (χ0) is 48.4. The van der Waals surface area contributed by atoms with Crippen molar-refractivity contribution in [3.63, 3.8) is 0 Å². The number of benzene rings is 3. The summed E-state index contributed by atoms with van der Waals surface area (Å²) >= 11 is 12.7. The largest absolute Gasteiger partial charge is 0.457 e. The molecule has 15 nitrogen and oxygen atoms in total. The summed E-state index contributed by atoms with van der Waals surface area (Å²) in [5.41, 5.74) is 0.964. The number of rotatable bonds is 20. The number of hydrogen-bond donors (Lipinski definition) is 2. The number of aromatic nitrogens is 2. The molecule has 6 rings (SSSR count). The van der Waals surface area contributed by atoms with E-state index in [0.29, 0.717) is 87.0 Å². The number of amides is 3. The van der Waals surface area contributed by atoms with Gasteiger partial charge in [0, 0.05) is 54.5 Å². The van der Waals surface area contributed by atoms with Gasteiger partial charge in [-0.3, -0.25) is 14.5 Å². The highest BCUT2D eigenvalue weighted by Crippen LogP contribution is 2.34. The summed E-state index contributed by atoms with van der Waals surface area (Å²) < 4.78 is 36.8. The third-order valence-corrected chi connectivity index (χ3v) is 12.2. The van der Waals surface area contributed by atoms with Gasteiger partial charge in [0.25, 0.3) is 0 Å². The van der Waals surface area contributed by atoms with E-state index in [2.05, 4.69) is 15.6 Å². The maximum absolute atomic E-state index is 14.5. The molecule has 17 heteroatoms. The summed E-state index contributed by atoms with van der Waals surface area (Å²) in [5, 5.41) is 7.75. The lowest BCUT2D eigenvalue weighted by Gasteiger charge is -2.44. The van der Waals surface area contributed by atoms with E-state index in [1.807, 2.05) is 100 Å². The molecule has 2 aliphatic rings. The Kier molecular flexibility index (Phi) is 17.8. The minimum absolute atomic E-state index is 0.000152. The van der Waals surface area contributed by atoms with Crippen molar-refractivity contribution in [2.24, 2.45) is 7.05 Å². The molecule has 3 aromatic carbocycles. The SMILES string of the molecule is CCOCCOCCOCc1ncc(-c2ccc(Oc3cc(Cl)ccc3CN[C@@H](C)C(=O)N3[C@H](C(=O)N[C@@]4(Cc5ccc(Cl)cc5)CCCN(C(=O)OC(C)(C)C)C4)COC3(C)C)cc2)n1C. The van der Waals surface area contributed by atoms with Crippen molar-refractivity contribution < 1.29 is 42.8 Å². The molecule has 67 heavy (non-hydrogen) atoms. The number of nitrogens with zero attached hydrogens (tertiary/aromatic N) is 4. The first-order chi connectivity index (χ1) is 31.9. The van der Waals surface area contributed by atoms with Gasteiger partial charge in [0.05, 0.1) is 56.5 Å². The van der Waals surface area contributed by atoms with Gasteiger partial charge in [-0.25, -0.2) is 9.78 Å². The summed E-state index contributed by atoms with van der Waals surface area (Å²) in [4.78, 5) is 50.0. The van der Waals surface area contributed by atoms with Gasteiger partial charge in [-0.1, -0.05) is 41.4 Å². The fourth-order valence-electron chi connectivity index (χ4n) is 8.30. The second-order valence-electron chi connectivity index (χ2n) is 18.5. The average Bonchev–Trinajstić information content (AvgIpc) is 3.81. The van der Waals surface area contributed by atoms with Crippen molar-refractivity contribution in [3.8, 4) is 22.8 Å². The highest BCUT2D eigenvalue weighted by Gasteiger charge is 2.50. The molecule has 2 N–H and O–H groups in total. The number of ether oxygens (including phenoxy) is 6. The second kappa shape index (κ2) is 23.0. The van der Waals surface area contributed by atoms with Crippen molar-refractivity contribution in [1.29, 1.82) is 0 Å². The lowest BCUT2D eigenvalue weighted by atomic mass is 9.82. The van der Waals surface area contributed by atoms with E-state index >= 15 is 0 Å². The van der Waals surface area contributed by atoms with Crippen LogP contribution in [0, 0.1) is 0 Å². The number of hydrogen-bond acceptors (Lipinski definition) is 11. The number of halogens is 2. The van der Waals surface area contributed by atoms with Crippen molar-refractivity contribution in [3.05, 3.63) is 99.9 Å². The van der Waals surface area contributed by atoms with Crippen LogP contribution < -0.4 is 15.4 Å². The molecule has 2 fully saturated rings. The van der Waals surface area contributed by atoms with Gasteiger partial charge in [-0.2, -0.15) is 0 Å². The predicted octanol–water partition coefficient (Wildman–Crippen LogP) is 8.33. The highest BCUT2D eigenvalue weighted by molar-refractivity contribution is 6.31. The summed E-state index contributed by atoms with van der Waals surface area (Å²) in [6, 6.07) is 18.8. The van der Waals surface area contributed by atoms with Gasteiger partial charge < -0.3 is 48.5 Å².